The van der Waals surface area contributed by atoms with Crippen LogP contribution >= 0.6 is 0 Å². The molecule has 2 heterocycles. The molecule has 0 bridgehead atoms. The van der Waals surface area contributed by atoms with E-state index in [2.05, 4.69) is 51.2 Å². The van der Waals surface area contributed by atoms with E-state index in [0.29, 0.717) is 58.8 Å². The summed E-state index contributed by atoms with van der Waals surface area (Å²) in [7, 11) is 9.76. The van der Waals surface area contributed by atoms with Crippen molar-refractivity contribution >= 4 is 23.9 Å². The Balaban J connectivity index is 0.000000524. The first-order chi connectivity index (χ1) is 29.2. The average molecular weight is 846 g/mol. The second-order valence-corrected chi connectivity index (χ2v) is 13.0. The number of benzene rings is 3. The number of methoxy groups -OCH3 is 6. The second kappa shape index (κ2) is 24.7. The zero-order chi connectivity index (χ0) is 44.9. The van der Waals surface area contributed by atoms with Crippen molar-refractivity contribution in [3.05, 3.63) is 102 Å². The molecule has 1 aliphatic heterocycles. The topological polar surface area (TPSA) is 224 Å². The number of ether oxygens (including phenoxy) is 6. The third-order valence-corrected chi connectivity index (χ3v) is 8.94. The minimum atomic E-state index is -1.26. The van der Waals surface area contributed by atoms with Crippen molar-refractivity contribution in [3.63, 3.8) is 0 Å². The summed E-state index contributed by atoms with van der Waals surface area (Å²) in [6.07, 6.45) is 5.21. The number of carboxylic acid groups (broad SMARTS) is 4. The maximum atomic E-state index is 9.55. The SMILES string of the molecule is COc1cc(-c2cccc(CN3CCCN(Cc4ccnc(-c5cc(OC)c(OC)c(OC)c5)c4)CC3)c2)cc(OC)c1OC.O=C(O)/C=C/C(=O)O.O=C(O)/C=C/C(=O)O. The first kappa shape index (κ1) is 48.3. The van der Waals surface area contributed by atoms with Crippen LogP contribution < -0.4 is 28.4 Å². The molecule has 1 fully saturated rings. The van der Waals surface area contributed by atoms with Crippen LogP contribution in [0.3, 0.4) is 0 Å². The lowest BCUT2D eigenvalue weighted by atomic mass is 10.0. The van der Waals surface area contributed by atoms with E-state index < -0.39 is 23.9 Å². The van der Waals surface area contributed by atoms with Crippen LogP contribution in [0.5, 0.6) is 34.5 Å². The molecule has 17 nitrogen and oxygen atoms in total. The Morgan fingerprint density at radius 3 is 1.33 bits per heavy atom. The Labute approximate surface area is 353 Å². The molecule has 1 aromatic heterocycles. The number of aromatic nitrogens is 1. The molecular formula is C44H51N3O14. The van der Waals surface area contributed by atoms with Crippen LogP contribution in [0, 0.1) is 0 Å². The van der Waals surface area contributed by atoms with Crippen LogP contribution in [0.25, 0.3) is 22.4 Å². The minimum absolute atomic E-state index is 0.558. The van der Waals surface area contributed by atoms with E-state index in [1.807, 2.05) is 30.5 Å². The number of carboxylic acids is 4. The van der Waals surface area contributed by atoms with E-state index in [1.165, 1.54) is 11.1 Å². The molecule has 17 heteroatoms. The Hall–Kier alpha value is -7.11. The van der Waals surface area contributed by atoms with Crippen molar-refractivity contribution in [2.75, 3.05) is 68.8 Å². The zero-order valence-electron chi connectivity index (χ0n) is 34.8. The summed E-state index contributed by atoms with van der Waals surface area (Å²) >= 11 is 0. The fraction of sp³-hybridized carbons (Fsp3) is 0.295. The van der Waals surface area contributed by atoms with Gasteiger partial charge in [-0.2, -0.15) is 0 Å². The highest BCUT2D eigenvalue weighted by Crippen LogP contribution is 2.42. The summed E-state index contributed by atoms with van der Waals surface area (Å²) < 4.78 is 33.3. The normalized spacial score (nSPS) is 12.8. The van der Waals surface area contributed by atoms with Gasteiger partial charge in [-0.3, -0.25) is 14.8 Å². The molecule has 0 aliphatic carbocycles. The molecule has 326 valence electrons. The van der Waals surface area contributed by atoms with Gasteiger partial charge in [-0.25, -0.2) is 19.2 Å². The zero-order valence-corrected chi connectivity index (χ0v) is 34.8. The molecule has 61 heavy (non-hydrogen) atoms. The average Bonchev–Trinajstić information content (AvgIpc) is 3.48. The number of carbonyl (C=O) groups is 4. The smallest absolute Gasteiger partial charge is 0.328 e. The van der Waals surface area contributed by atoms with Gasteiger partial charge in [0.05, 0.1) is 48.4 Å². The van der Waals surface area contributed by atoms with Gasteiger partial charge in [-0.05, 0) is 84.2 Å². The number of hydrogen-bond donors (Lipinski definition) is 4. The highest BCUT2D eigenvalue weighted by atomic mass is 16.5. The Bertz CT molecular complexity index is 1940. The van der Waals surface area contributed by atoms with Crippen LogP contribution in [-0.2, 0) is 32.3 Å². The van der Waals surface area contributed by atoms with E-state index in [9.17, 15) is 19.2 Å². The van der Waals surface area contributed by atoms with Gasteiger partial charge in [-0.1, -0.05) is 18.2 Å². The standard InChI is InChI=1S/C36H43N3O6.2C4H4O4/c1-40-31-19-28(20-32(41-2)35(31)44-5)27-10-7-9-25(17-27)23-38-13-8-14-39(16-15-38)24-26-11-12-37-30(18-26)29-21-33(42-3)36(45-6)34(22-29)43-4;2*5-3(6)1-2-4(7)8/h7,9-12,17-22H,8,13-16,23-24H2,1-6H3;2*1-2H,(H,5,6)(H,7,8)/b;2*2-1+. The van der Waals surface area contributed by atoms with Crippen LogP contribution in [-0.4, -0.2) is 128 Å². The number of aliphatic carboxylic acids is 4. The molecule has 0 atom stereocenters. The Morgan fingerprint density at radius 2 is 0.934 bits per heavy atom. The molecule has 0 radical (unpaired) electrons. The van der Waals surface area contributed by atoms with Gasteiger partial charge in [-0.15, -0.1) is 0 Å². The van der Waals surface area contributed by atoms with Gasteiger partial charge in [0, 0.05) is 62.2 Å². The van der Waals surface area contributed by atoms with Crippen molar-refractivity contribution in [3.8, 4) is 56.9 Å². The maximum Gasteiger partial charge on any atom is 0.328 e. The van der Waals surface area contributed by atoms with Gasteiger partial charge < -0.3 is 48.8 Å². The third kappa shape index (κ3) is 15.5. The maximum absolute atomic E-state index is 9.55. The number of hydrogen-bond acceptors (Lipinski definition) is 13. The summed E-state index contributed by atoms with van der Waals surface area (Å²) in [4.78, 5) is 47.9. The van der Waals surface area contributed by atoms with Crippen molar-refractivity contribution in [1.29, 1.82) is 0 Å². The molecule has 0 saturated carbocycles. The van der Waals surface area contributed by atoms with Gasteiger partial charge in [0.1, 0.15) is 0 Å². The Kier molecular flexibility index (Phi) is 19.6. The van der Waals surface area contributed by atoms with Crippen molar-refractivity contribution in [1.82, 2.24) is 14.8 Å². The first-order valence-electron chi connectivity index (χ1n) is 18.6. The highest BCUT2D eigenvalue weighted by Gasteiger charge is 2.19. The molecule has 4 aromatic rings. The fourth-order valence-electron chi connectivity index (χ4n) is 6.20. The predicted octanol–water partition coefficient (Wildman–Crippen LogP) is 5.60. The number of nitrogens with zero attached hydrogens (tertiary/aromatic N) is 3. The predicted molar refractivity (Wildman–Crippen MR) is 225 cm³/mol. The molecule has 0 amide bonds. The lowest BCUT2D eigenvalue weighted by molar-refractivity contribution is -0.134. The van der Waals surface area contributed by atoms with E-state index in [0.717, 1.165) is 68.1 Å². The van der Waals surface area contributed by atoms with Gasteiger partial charge in [0.2, 0.25) is 11.5 Å². The lowest BCUT2D eigenvalue weighted by Gasteiger charge is -2.22. The van der Waals surface area contributed by atoms with Crippen LogP contribution in [0.4, 0.5) is 0 Å². The summed E-state index contributed by atoms with van der Waals surface area (Å²) in [6.45, 7) is 5.85. The summed E-state index contributed by atoms with van der Waals surface area (Å²) in [6, 6.07) is 20.8. The molecule has 0 unspecified atom stereocenters. The molecular weight excluding hydrogens is 794 g/mol. The van der Waals surface area contributed by atoms with E-state index >= 15 is 0 Å². The van der Waals surface area contributed by atoms with E-state index in [4.69, 9.17) is 48.8 Å². The van der Waals surface area contributed by atoms with Crippen LogP contribution in [0.2, 0.25) is 0 Å². The van der Waals surface area contributed by atoms with E-state index in [1.54, 1.807) is 42.7 Å². The molecule has 0 spiro atoms. The van der Waals surface area contributed by atoms with Gasteiger partial charge in [0.25, 0.3) is 0 Å². The Morgan fingerprint density at radius 1 is 0.525 bits per heavy atom. The second-order valence-electron chi connectivity index (χ2n) is 13.0. The molecule has 5 rings (SSSR count). The van der Waals surface area contributed by atoms with Crippen molar-refractivity contribution in [2.24, 2.45) is 0 Å². The number of rotatable bonds is 16. The molecule has 1 aliphatic rings. The summed E-state index contributed by atoms with van der Waals surface area (Å²) in [5.74, 6) is -1.34. The highest BCUT2D eigenvalue weighted by molar-refractivity contribution is 5.90. The van der Waals surface area contributed by atoms with Crippen LogP contribution in [0.1, 0.15) is 17.5 Å². The van der Waals surface area contributed by atoms with Crippen molar-refractivity contribution in [2.45, 2.75) is 19.5 Å². The molecule has 1 saturated heterocycles. The van der Waals surface area contributed by atoms with Gasteiger partial charge >= 0.3 is 23.9 Å². The fourth-order valence-corrected chi connectivity index (χ4v) is 6.20. The van der Waals surface area contributed by atoms with E-state index in [-0.39, 0.29) is 0 Å². The molecule has 3 aromatic carbocycles. The lowest BCUT2D eigenvalue weighted by Crippen LogP contribution is -2.30. The first-order valence-corrected chi connectivity index (χ1v) is 18.6. The van der Waals surface area contributed by atoms with Crippen LogP contribution in [0.15, 0.2) is 91.2 Å². The minimum Gasteiger partial charge on any atom is -0.493 e. The third-order valence-electron chi connectivity index (χ3n) is 8.94. The molecule has 4 N–H and O–H groups in total. The largest absolute Gasteiger partial charge is 0.493 e. The summed E-state index contributed by atoms with van der Waals surface area (Å²) in [5.41, 5.74) is 6.43. The quantitative estimate of drug-likeness (QED) is 0.101. The monoisotopic (exact) mass is 845 g/mol. The summed E-state index contributed by atoms with van der Waals surface area (Å²) in [5, 5.41) is 31.2. The van der Waals surface area contributed by atoms with Crippen molar-refractivity contribution < 1.29 is 68.0 Å². The number of pyridine rings is 1. The van der Waals surface area contributed by atoms with Gasteiger partial charge in [0.15, 0.2) is 23.0 Å².